The van der Waals surface area contributed by atoms with Crippen molar-refractivity contribution in [2.75, 3.05) is 33.4 Å². The number of hydrogen-bond acceptors (Lipinski definition) is 4. The van der Waals surface area contributed by atoms with Gasteiger partial charge in [0.2, 0.25) is 5.91 Å². The van der Waals surface area contributed by atoms with Gasteiger partial charge >= 0.3 is 0 Å². The van der Waals surface area contributed by atoms with Gasteiger partial charge in [-0.3, -0.25) is 9.69 Å². The van der Waals surface area contributed by atoms with Crippen LogP contribution in [-0.2, 0) is 9.53 Å². The van der Waals surface area contributed by atoms with Gasteiger partial charge in [0.1, 0.15) is 6.04 Å². The molecule has 1 saturated heterocycles. The van der Waals surface area contributed by atoms with E-state index in [0.29, 0.717) is 0 Å². The van der Waals surface area contributed by atoms with Crippen LogP contribution >= 0.6 is 0 Å². The Kier molecular flexibility index (Phi) is 6.45. The lowest BCUT2D eigenvalue weighted by Crippen LogP contribution is -2.59. The van der Waals surface area contributed by atoms with Crippen molar-refractivity contribution in [3.05, 3.63) is 0 Å². The van der Waals surface area contributed by atoms with Crippen molar-refractivity contribution in [2.45, 2.75) is 62.9 Å². The fourth-order valence-electron chi connectivity index (χ4n) is 3.82. The van der Waals surface area contributed by atoms with Crippen LogP contribution in [0.5, 0.6) is 0 Å². The van der Waals surface area contributed by atoms with E-state index in [0.717, 1.165) is 6.54 Å². The summed E-state index contributed by atoms with van der Waals surface area (Å²) < 4.78 is 4.96. The van der Waals surface area contributed by atoms with E-state index in [4.69, 9.17) is 10.5 Å². The van der Waals surface area contributed by atoms with Crippen molar-refractivity contribution in [2.24, 2.45) is 5.73 Å². The summed E-state index contributed by atoms with van der Waals surface area (Å²) in [4.78, 5) is 14.7. The molecule has 1 aliphatic heterocycles. The summed E-state index contributed by atoms with van der Waals surface area (Å²) in [6.07, 6.45) is 10.2. The molecule has 1 heterocycles. The topological polar surface area (TPSA) is 67.6 Å². The number of piperidine rings is 1. The van der Waals surface area contributed by atoms with E-state index >= 15 is 0 Å². The maximum Gasteiger partial charge on any atom is 0.239 e. The number of carbonyl (C=O) groups is 1. The van der Waals surface area contributed by atoms with Crippen molar-refractivity contribution in [1.82, 2.24) is 10.2 Å². The summed E-state index contributed by atoms with van der Waals surface area (Å²) >= 11 is 0. The molecular weight excluding hydrogens is 266 g/mol. The molecule has 1 amide bonds. The first-order valence-corrected chi connectivity index (χ1v) is 8.45. The number of carbonyl (C=O) groups excluding carboxylic acids is 1. The number of ether oxygens (including phenoxy) is 1. The molecule has 21 heavy (non-hydrogen) atoms. The third-order valence-corrected chi connectivity index (χ3v) is 5.09. The Labute approximate surface area is 128 Å². The quantitative estimate of drug-likeness (QED) is 0.774. The molecule has 5 heteroatoms. The second-order valence-corrected chi connectivity index (χ2v) is 6.61. The van der Waals surface area contributed by atoms with Gasteiger partial charge in [-0.1, -0.05) is 25.7 Å². The molecule has 1 atom stereocenters. The molecule has 2 fully saturated rings. The highest BCUT2D eigenvalue weighted by atomic mass is 16.5. The van der Waals surface area contributed by atoms with Crippen molar-refractivity contribution in [3.63, 3.8) is 0 Å². The van der Waals surface area contributed by atoms with Gasteiger partial charge in [0.25, 0.3) is 0 Å². The Morgan fingerprint density at radius 3 is 2.43 bits per heavy atom. The molecule has 0 radical (unpaired) electrons. The van der Waals surface area contributed by atoms with E-state index < -0.39 is 6.04 Å². The number of amides is 1. The summed E-state index contributed by atoms with van der Waals surface area (Å²) in [5, 5.41) is 3.09. The lowest BCUT2D eigenvalue weighted by atomic mass is 9.79. The largest absolute Gasteiger partial charge is 0.383 e. The fourth-order valence-corrected chi connectivity index (χ4v) is 3.82. The third kappa shape index (κ3) is 4.41. The molecule has 0 aromatic carbocycles. The summed E-state index contributed by atoms with van der Waals surface area (Å²) in [6, 6.07) is -0.558. The van der Waals surface area contributed by atoms with Gasteiger partial charge in [0.15, 0.2) is 0 Å². The van der Waals surface area contributed by atoms with E-state index in [1.165, 1.54) is 64.5 Å². The zero-order chi connectivity index (χ0) is 15.1. The van der Waals surface area contributed by atoms with Crippen LogP contribution in [0, 0.1) is 0 Å². The first-order chi connectivity index (χ1) is 10.2. The number of methoxy groups -OCH3 is 1. The molecule has 2 rings (SSSR count). The minimum absolute atomic E-state index is 0.0844. The molecule has 3 N–H and O–H groups in total. The molecule has 1 saturated carbocycles. The molecule has 1 unspecified atom stereocenters. The van der Waals surface area contributed by atoms with Crippen molar-refractivity contribution < 1.29 is 9.53 Å². The highest BCUT2D eigenvalue weighted by Crippen LogP contribution is 2.35. The average Bonchev–Trinajstić information content (AvgIpc) is 2.54. The summed E-state index contributed by atoms with van der Waals surface area (Å²) in [5.41, 5.74) is 5.98. The SMILES string of the molecule is COCC(N)C(=O)NCC1(N2CCCCC2)CCCCC1. The standard InChI is InChI=1S/C16H31N3O2/c1-21-12-14(17)15(20)18-13-16(8-4-2-5-9-16)19-10-6-3-7-11-19/h14H,2-13,17H2,1H3,(H,18,20). The first-order valence-electron chi connectivity index (χ1n) is 8.45. The Bertz CT molecular complexity index is 323. The second kappa shape index (κ2) is 8.11. The van der Waals surface area contributed by atoms with Crippen molar-refractivity contribution in [1.29, 1.82) is 0 Å². The van der Waals surface area contributed by atoms with Crippen molar-refractivity contribution >= 4 is 5.91 Å². The molecule has 2 aliphatic rings. The minimum atomic E-state index is -0.558. The molecule has 0 spiro atoms. The molecule has 5 nitrogen and oxygen atoms in total. The molecule has 0 bridgehead atoms. The van der Waals surface area contributed by atoms with Crippen molar-refractivity contribution in [3.8, 4) is 0 Å². The van der Waals surface area contributed by atoms with Crippen LogP contribution < -0.4 is 11.1 Å². The lowest BCUT2D eigenvalue weighted by Gasteiger charge is -2.48. The van der Waals surface area contributed by atoms with Gasteiger partial charge in [-0.05, 0) is 38.8 Å². The van der Waals surface area contributed by atoms with Gasteiger partial charge < -0.3 is 15.8 Å². The molecule has 122 valence electrons. The van der Waals surface area contributed by atoms with Crippen LogP contribution in [0.4, 0.5) is 0 Å². The third-order valence-electron chi connectivity index (χ3n) is 5.09. The van der Waals surface area contributed by atoms with Gasteiger partial charge in [0, 0.05) is 19.2 Å². The number of hydrogen-bond donors (Lipinski definition) is 2. The minimum Gasteiger partial charge on any atom is -0.383 e. The highest BCUT2D eigenvalue weighted by molar-refractivity contribution is 5.81. The average molecular weight is 297 g/mol. The summed E-state index contributed by atoms with van der Waals surface area (Å²) in [6.45, 7) is 3.38. The van der Waals surface area contributed by atoms with E-state index in [2.05, 4.69) is 10.2 Å². The van der Waals surface area contributed by atoms with Crippen LogP contribution in [0.25, 0.3) is 0 Å². The van der Waals surface area contributed by atoms with Crippen LogP contribution in [0.2, 0.25) is 0 Å². The Balaban J connectivity index is 1.94. The van der Waals surface area contributed by atoms with Gasteiger partial charge in [-0.15, -0.1) is 0 Å². The summed E-state index contributed by atoms with van der Waals surface area (Å²) in [5.74, 6) is -0.0844. The Hall–Kier alpha value is -0.650. The van der Waals surface area contributed by atoms with E-state index in [9.17, 15) is 4.79 Å². The molecular formula is C16H31N3O2. The zero-order valence-corrected chi connectivity index (χ0v) is 13.4. The summed E-state index contributed by atoms with van der Waals surface area (Å²) in [7, 11) is 1.57. The van der Waals surface area contributed by atoms with Crippen LogP contribution in [0.15, 0.2) is 0 Å². The molecule has 1 aliphatic carbocycles. The predicted molar refractivity (Wildman–Crippen MR) is 84.1 cm³/mol. The molecule has 0 aromatic heterocycles. The van der Waals surface area contributed by atoms with E-state index in [-0.39, 0.29) is 18.1 Å². The maximum atomic E-state index is 12.1. The van der Waals surface area contributed by atoms with Gasteiger partial charge in [0.05, 0.1) is 6.61 Å². The second-order valence-electron chi connectivity index (χ2n) is 6.61. The maximum absolute atomic E-state index is 12.1. The zero-order valence-electron chi connectivity index (χ0n) is 13.4. The first kappa shape index (κ1) is 16.7. The van der Waals surface area contributed by atoms with E-state index in [1.807, 2.05) is 0 Å². The number of rotatable bonds is 6. The number of likely N-dealkylation sites (tertiary alicyclic amines) is 1. The monoisotopic (exact) mass is 297 g/mol. The normalized spacial score (nSPS) is 24.5. The van der Waals surface area contributed by atoms with E-state index in [1.54, 1.807) is 7.11 Å². The number of nitrogens with zero attached hydrogens (tertiary/aromatic N) is 1. The fraction of sp³-hybridized carbons (Fsp3) is 0.938. The van der Waals surface area contributed by atoms with Crippen LogP contribution in [-0.4, -0.2) is 55.7 Å². The lowest BCUT2D eigenvalue weighted by molar-refractivity contribution is -0.124. The van der Waals surface area contributed by atoms with Gasteiger partial charge in [-0.25, -0.2) is 0 Å². The highest BCUT2D eigenvalue weighted by Gasteiger charge is 2.38. The smallest absolute Gasteiger partial charge is 0.239 e. The van der Waals surface area contributed by atoms with Gasteiger partial charge in [-0.2, -0.15) is 0 Å². The number of nitrogens with one attached hydrogen (secondary N) is 1. The molecule has 0 aromatic rings. The number of nitrogens with two attached hydrogens (primary N) is 1. The Morgan fingerprint density at radius 2 is 1.81 bits per heavy atom. The predicted octanol–water partition coefficient (Wildman–Crippen LogP) is 1.27. The van der Waals surface area contributed by atoms with Crippen LogP contribution in [0.3, 0.4) is 0 Å². The Morgan fingerprint density at radius 1 is 1.19 bits per heavy atom. The van der Waals surface area contributed by atoms with Crippen LogP contribution in [0.1, 0.15) is 51.4 Å².